The molecule has 0 aliphatic rings. The van der Waals surface area contributed by atoms with Gasteiger partial charge in [0.25, 0.3) is 0 Å². The fraction of sp³-hybridized carbons (Fsp3) is 0.400. The highest BCUT2D eigenvalue weighted by Gasteiger charge is 2.09. The predicted octanol–water partition coefficient (Wildman–Crippen LogP) is 0.711. The molecule has 0 amide bonds. The maximum absolute atomic E-state index is 5.88. The normalized spacial score (nSPS) is 12.6. The topological polar surface area (TPSA) is 55.3 Å². The summed E-state index contributed by atoms with van der Waals surface area (Å²) in [6.45, 7) is 0.477. The molecular weight excluding hydrogens is 162 g/mol. The van der Waals surface area contributed by atoms with E-state index in [1.807, 2.05) is 43.3 Å². The molecule has 13 heavy (non-hydrogen) atoms. The lowest BCUT2D eigenvalue weighted by atomic mass is 10.1. The molecule has 0 unspecified atom stereocenters. The van der Waals surface area contributed by atoms with Gasteiger partial charge in [-0.3, -0.25) is 0 Å². The molecule has 1 aromatic rings. The van der Waals surface area contributed by atoms with Gasteiger partial charge in [0.05, 0.1) is 0 Å². The van der Waals surface area contributed by atoms with Crippen LogP contribution in [0.3, 0.4) is 0 Å². The fourth-order valence-electron chi connectivity index (χ4n) is 1.34. The van der Waals surface area contributed by atoms with Gasteiger partial charge in [0.1, 0.15) is 0 Å². The summed E-state index contributed by atoms with van der Waals surface area (Å²) in [5.41, 5.74) is 13.7. The van der Waals surface area contributed by atoms with Crippen LogP contribution in [0, 0.1) is 0 Å². The molecule has 0 fully saturated rings. The van der Waals surface area contributed by atoms with Crippen molar-refractivity contribution in [3.05, 3.63) is 29.8 Å². The van der Waals surface area contributed by atoms with Crippen LogP contribution in [0.1, 0.15) is 11.6 Å². The molecule has 3 nitrogen and oxygen atoms in total. The Hall–Kier alpha value is -1.06. The van der Waals surface area contributed by atoms with Crippen LogP contribution in [-0.2, 0) is 0 Å². The molecule has 0 saturated carbocycles. The van der Waals surface area contributed by atoms with E-state index in [2.05, 4.69) is 0 Å². The van der Waals surface area contributed by atoms with E-state index >= 15 is 0 Å². The number of anilines is 1. The van der Waals surface area contributed by atoms with Gasteiger partial charge in [0.2, 0.25) is 0 Å². The van der Waals surface area contributed by atoms with Crippen molar-refractivity contribution in [2.24, 2.45) is 11.5 Å². The molecular formula is C10H17N3. The molecule has 3 heteroatoms. The first-order valence-electron chi connectivity index (χ1n) is 4.38. The average molecular weight is 179 g/mol. The molecule has 0 bridgehead atoms. The number of hydrogen-bond acceptors (Lipinski definition) is 3. The smallest absolute Gasteiger partial charge is 0.0440 e. The van der Waals surface area contributed by atoms with Crippen molar-refractivity contribution in [3.8, 4) is 0 Å². The van der Waals surface area contributed by atoms with Crippen molar-refractivity contribution in [3.63, 3.8) is 0 Å². The van der Waals surface area contributed by atoms with Crippen LogP contribution >= 0.6 is 0 Å². The highest BCUT2D eigenvalue weighted by molar-refractivity contribution is 5.53. The van der Waals surface area contributed by atoms with Crippen molar-refractivity contribution >= 4 is 5.69 Å². The third-order valence-electron chi connectivity index (χ3n) is 2.07. The molecule has 1 aromatic carbocycles. The van der Waals surface area contributed by atoms with Gasteiger partial charge in [-0.2, -0.15) is 0 Å². The molecule has 0 aliphatic heterocycles. The Morgan fingerprint density at radius 3 is 2.46 bits per heavy atom. The number of hydrogen-bond donors (Lipinski definition) is 2. The molecule has 72 valence electrons. The van der Waals surface area contributed by atoms with E-state index in [4.69, 9.17) is 11.5 Å². The monoisotopic (exact) mass is 179 g/mol. The Bertz CT molecular complexity index is 271. The maximum atomic E-state index is 5.88. The van der Waals surface area contributed by atoms with E-state index in [0.717, 1.165) is 11.3 Å². The highest BCUT2D eigenvalue weighted by atomic mass is 15.1. The quantitative estimate of drug-likeness (QED) is 0.718. The predicted molar refractivity (Wildman–Crippen MR) is 56.8 cm³/mol. The molecule has 1 rings (SSSR count). The summed E-state index contributed by atoms with van der Waals surface area (Å²) >= 11 is 0. The van der Waals surface area contributed by atoms with Gasteiger partial charge in [0.15, 0.2) is 0 Å². The van der Waals surface area contributed by atoms with Gasteiger partial charge in [-0.1, -0.05) is 18.2 Å². The van der Waals surface area contributed by atoms with Gasteiger partial charge in [-0.25, -0.2) is 0 Å². The van der Waals surface area contributed by atoms with E-state index in [9.17, 15) is 0 Å². The number of para-hydroxylation sites is 1. The van der Waals surface area contributed by atoms with Crippen molar-refractivity contribution in [1.82, 2.24) is 0 Å². The van der Waals surface area contributed by atoms with E-state index in [1.165, 1.54) is 0 Å². The summed E-state index contributed by atoms with van der Waals surface area (Å²) in [5.74, 6) is 0. The Balaban J connectivity index is 3.04. The van der Waals surface area contributed by atoms with Crippen molar-refractivity contribution in [2.45, 2.75) is 6.04 Å². The molecule has 0 radical (unpaired) electrons. The summed E-state index contributed by atoms with van der Waals surface area (Å²) < 4.78 is 0. The molecule has 4 N–H and O–H groups in total. The lowest BCUT2D eigenvalue weighted by molar-refractivity contribution is 0.735. The second-order valence-electron chi connectivity index (χ2n) is 3.30. The van der Waals surface area contributed by atoms with Gasteiger partial charge in [-0.05, 0) is 11.6 Å². The Morgan fingerprint density at radius 2 is 1.92 bits per heavy atom. The largest absolute Gasteiger partial charge is 0.377 e. The zero-order chi connectivity index (χ0) is 9.84. The van der Waals surface area contributed by atoms with E-state index in [1.54, 1.807) is 0 Å². The summed E-state index contributed by atoms with van der Waals surface area (Å²) in [6, 6.07) is 7.98. The number of rotatable bonds is 3. The number of nitrogens with zero attached hydrogens (tertiary/aromatic N) is 1. The van der Waals surface area contributed by atoms with Crippen LogP contribution in [0.2, 0.25) is 0 Å². The first kappa shape index (κ1) is 10.0. The van der Waals surface area contributed by atoms with Crippen molar-refractivity contribution < 1.29 is 0 Å². The molecule has 0 aliphatic carbocycles. The minimum absolute atomic E-state index is 0.0707. The van der Waals surface area contributed by atoms with E-state index in [0.29, 0.717) is 6.54 Å². The number of nitrogens with two attached hydrogens (primary N) is 2. The first-order chi connectivity index (χ1) is 6.16. The lowest BCUT2D eigenvalue weighted by Crippen LogP contribution is -2.23. The van der Waals surface area contributed by atoms with Gasteiger partial charge in [-0.15, -0.1) is 0 Å². The van der Waals surface area contributed by atoms with Gasteiger partial charge in [0, 0.05) is 32.4 Å². The van der Waals surface area contributed by atoms with Gasteiger partial charge < -0.3 is 16.4 Å². The SMILES string of the molecule is CN(C)c1ccccc1[C@@H](N)CN. The first-order valence-corrected chi connectivity index (χ1v) is 4.38. The standard InChI is InChI=1S/C10H17N3/c1-13(2)10-6-4-3-5-8(10)9(12)7-11/h3-6,9H,7,11-12H2,1-2H3/t9-/m0/s1. The van der Waals surface area contributed by atoms with Crippen molar-refractivity contribution in [2.75, 3.05) is 25.5 Å². The third kappa shape index (κ3) is 2.20. The van der Waals surface area contributed by atoms with Crippen LogP contribution in [0.5, 0.6) is 0 Å². The van der Waals surface area contributed by atoms with Gasteiger partial charge >= 0.3 is 0 Å². The number of benzene rings is 1. The van der Waals surface area contributed by atoms with Crippen LogP contribution in [0.4, 0.5) is 5.69 Å². The lowest BCUT2D eigenvalue weighted by Gasteiger charge is -2.20. The summed E-state index contributed by atoms with van der Waals surface area (Å²) in [5, 5.41) is 0. The van der Waals surface area contributed by atoms with Crippen LogP contribution in [-0.4, -0.2) is 20.6 Å². The van der Waals surface area contributed by atoms with Crippen LogP contribution < -0.4 is 16.4 Å². The molecule has 0 aromatic heterocycles. The van der Waals surface area contributed by atoms with E-state index < -0.39 is 0 Å². The molecule has 0 spiro atoms. The minimum atomic E-state index is -0.0707. The molecule has 1 atom stereocenters. The Kier molecular flexibility index (Phi) is 3.28. The Labute approximate surface area is 79.3 Å². The second kappa shape index (κ2) is 4.25. The van der Waals surface area contributed by atoms with Crippen molar-refractivity contribution in [1.29, 1.82) is 0 Å². The van der Waals surface area contributed by atoms with E-state index in [-0.39, 0.29) is 6.04 Å². The Morgan fingerprint density at radius 1 is 1.31 bits per heavy atom. The summed E-state index contributed by atoms with van der Waals surface area (Å²) in [6.07, 6.45) is 0. The van der Waals surface area contributed by atoms with Crippen LogP contribution in [0.25, 0.3) is 0 Å². The molecule has 0 heterocycles. The average Bonchev–Trinajstić information content (AvgIpc) is 2.16. The molecule has 0 saturated heterocycles. The van der Waals surface area contributed by atoms with Crippen LogP contribution in [0.15, 0.2) is 24.3 Å². The second-order valence-corrected chi connectivity index (χ2v) is 3.30. The zero-order valence-corrected chi connectivity index (χ0v) is 8.20. The summed E-state index contributed by atoms with van der Waals surface area (Å²) in [4.78, 5) is 2.05. The fourth-order valence-corrected chi connectivity index (χ4v) is 1.34. The highest BCUT2D eigenvalue weighted by Crippen LogP contribution is 2.22. The zero-order valence-electron chi connectivity index (χ0n) is 8.20. The minimum Gasteiger partial charge on any atom is -0.377 e. The summed E-state index contributed by atoms with van der Waals surface area (Å²) in [7, 11) is 4.00. The maximum Gasteiger partial charge on any atom is 0.0440 e. The third-order valence-corrected chi connectivity index (χ3v) is 2.07.